The van der Waals surface area contributed by atoms with Crippen LogP contribution in [0.5, 0.6) is 5.75 Å². The second-order valence-corrected chi connectivity index (χ2v) is 12.4. The van der Waals surface area contributed by atoms with Gasteiger partial charge in [-0.25, -0.2) is 0 Å². The maximum Gasteiger partial charge on any atom is 0.131 e. The summed E-state index contributed by atoms with van der Waals surface area (Å²) in [6.45, 7) is 0. The molecule has 0 heterocycles. The van der Waals surface area contributed by atoms with Gasteiger partial charge < -0.3 is 15.3 Å². The fraction of sp³-hybridized carbons (Fsp3) is 0.0952. The molecule has 45 heavy (non-hydrogen) atoms. The van der Waals surface area contributed by atoms with Crippen LogP contribution in [-0.4, -0.2) is 27.5 Å². The van der Waals surface area contributed by atoms with Crippen molar-refractivity contribution in [2.24, 2.45) is 11.8 Å². The minimum absolute atomic E-state index is 0.171. The second-order valence-electron chi connectivity index (χ2n) is 12.4. The van der Waals surface area contributed by atoms with Gasteiger partial charge in [-0.2, -0.15) is 0 Å². The van der Waals surface area contributed by atoms with Gasteiger partial charge in [0.05, 0.1) is 12.2 Å². The SMILES string of the molecule is Oc1c(-c2ccccc2)cccc1-c1ccc(-c2ccc3ccc4c(C5=CC6C=CC5C(O)C6O)ccc5ccc2c3c54)cc1. The van der Waals surface area contributed by atoms with E-state index in [0.29, 0.717) is 0 Å². The van der Waals surface area contributed by atoms with Crippen LogP contribution in [0.25, 0.3) is 71.3 Å². The number of phenolic OH excluding ortho intramolecular Hbond substituents is 1. The van der Waals surface area contributed by atoms with E-state index in [-0.39, 0.29) is 17.6 Å². The summed E-state index contributed by atoms with van der Waals surface area (Å²) in [5.74, 6) is -0.102. The van der Waals surface area contributed by atoms with E-state index in [0.717, 1.165) is 44.5 Å². The average molecular weight is 583 g/mol. The van der Waals surface area contributed by atoms with Gasteiger partial charge >= 0.3 is 0 Å². The van der Waals surface area contributed by atoms with Crippen LogP contribution in [0, 0.1) is 11.8 Å². The van der Waals surface area contributed by atoms with E-state index in [1.165, 1.54) is 32.3 Å². The highest BCUT2D eigenvalue weighted by Gasteiger charge is 2.40. The van der Waals surface area contributed by atoms with Crippen LogP contribution in [0.3, 0.4) is 0 Å². The average Bonchev–Trinajstić information content (AvgIpc) is 3.09. The van der Waals surface area contributed by atoms with Crippen LogP contribution >= 0.6 is 0 Å². The third-order valence-corrected chi connectivity index (χ3v) is 9.99. The first-order valence-electron chi connectivity index (χ1n) is 15.5. The van der Waals surface area contributed by atoms with Crippen LogP contribution in [0.1, 0.15) is 5.56 Å². The van der Waals surface area contributed by atoms with Crippen molar-refractivity contribution in [3.05, 3.63) is 145 Å². The molecule has 0 saturated carbocycles. The Labute approximate surface area is 261 Å². The van der Waals surface area contributed by atoms with E-state index in [1.54, 1.807) is 0 Å². The first kappa shape index (κ1) is 26.2. The minimum atomic E-state index is -0.796. The van der Waals surface area contributed by atoms with Crippen LogP contribution in [0.15, 0.2) is 140 Å². The topological polar surface area (TPSA) is 60.7 Å². The van der Waals surface area contributed by atoms with Gasteiger partial charge in [0.2, 0.25) is 0 Å². The molecular formula is C42H30O3. The van der Waals surface area contributed by atoms with E-state index >= 15 is 0 Å². The van der Waals surface area contributed by atoms with Gasteiger partial charge in [0.15, 0.2) is 0 Å². The van der Waals surface area contributed by atoms with Crippen molar-refractivity contribution in [3.8, 4) is 39.1 Å². The lowest BCUT2D eigenvalue weighted by atomic mass is 9.70. The summed E-state index contributed by atoms with van der Waals surface area (Å²) < 4.78 is 0. The van der Waals surface area contributed by atoms with Gasteiger partial charge in [0, 0.05) is 23.0 Å². The van der Waals surface area contributed by atoms with Crippen molar-refractivity contribution in [1.29, 1.82) is 0 Å². The number of fused-ring (bicyclic) bond motifs is 1. The highest BCUT2D eigenvalue weighted by Crippen LogP contribution is 2.47. The molecule has 4 unspecified atom stereocenters. The van der Waals surface area contributed by atoms with Crippen LogP contribution in [-0.2, 0) is 0 Å². The number of benzene rings is 7. The molecule has 3 heteroatoms. The number of aliphatic hydroxyl groups excluding tert-OH is 2. The first-order valence-corrected chi connectivity index (χ1v) is 15.5. The van der Waals surface area contributed by atoms with Gasteiger partial charge in [0.1, 0.15) is 5.75 Å². The van der Waals surface area contributed by atoms with Gasteiger partial charge in [-0.15, -0.1) is 0 Å². The molecule has 4 atom stereocenters. The van der Waals surface area contributed by atoms with Crippen molar-refractivity contribution in [1.82, 2.24) is 0 Å². The largest absolute Gasteiger partial charge is 0.507 e. The zero-order valence-corrected chi connectivity index (χ0v) is 24.4. The van der Waals surface area contributed by atoms with E-state index in [2.05, 4.69) is 84.9 Å². The molecule has 3 aliphatic carbocycles. The van der Waals surface area contributed by atoms with Gasteiger partial charge in [-0.3, -0.25) is 0 Å². The molecule has 3 nitrogen and oxygen atoms in total. The summed E-state index contributed by atoms with van der Waals surface area (Å²) in [6, 6.07) is 42.0. The van der Waals surface area contributed by atoms with Crippen molar-refractivity contribution in [2.45, 2.75) is 12.2 Å². The molecule has 0 aliphatic heterocycles. The Kier molecular flexibility index (Phi) is 5.76. The predicted molar refractivity (Wildman–Crippen MR) is 184 cm³/mol. The molecular weight excluding hydrogens is 552 g/mol. The number of aliphatic hydroxyl groups is 2. The highest BCUT2D eigenvalue weighted by molar-refractivity contribution is 6.27. The lowest BCUT2D eigenvalue weighted by Gasteiger charge is -2.39. The number of rotatable bonds is 4. The molecule has 0 fully saturated rings. The molecule has 0 radical (unpaired) electrons. The number of hydrogen-bond acceptors (Lipinski definition) is 3. The molecule has 7 aromatic carbocycles. The van der Waals surface area contributed by atoms with E-state index in [9.17, 15) is 15.3 Å². The standard InChI is InChI=1S/C42H30O3/c43-40-29-17-22-36(42(40)45)37(23-29)33-19-14-28-15-20-34-30(18-13-27-16-21-35(33)39(28)38(27)34)25-9-11-26(12-10-25)32-8-4-7-31(41(32)44)24-5-2-1-3-6-24/h1-23,29,36,40,42-45H. The fourth-order valence-corrected chi connectivity index (χ4v) is 7.71. The van der Waals surface area contributed by atoms with Crippen LogP contribution in [0.2, 0.25) is 0 Å². The molecule has 0 aromatic heterocycles. The summed E-state index contributed by atoms with van der Waals surface area (Å²) in [7, 11) is 0. The van der Waals surface area contributed by atoms with E-state index < -0.39 is 12.2 Å². The van der Waals surface area contributed by atoms with Gasteiger partial charge in [-0.1, -0.05) is 140 Å². The van der Waals surface area contributed by atoms with Crippen molar-refractivity contribution in [2.75, 3.05) is 0 Å². The molecule has 7 aromatic rings. The fourth-order valence-electron chi connectivity index (χ4n) is 7.71. The number of hydrogen-bond donors (Lipinski definition) is 3. The Hall–Kier alpha value is -5.22. The Morgan fingerprint density at radius 3 is 1.64 bits per heavy atom. The monoisotopic (exact) mass is 582 g/mol. The smallest absolute Gasteiger partial charge is 0.131 e. The summed E-state index contributed by atoms with van der Waals surface area (Å²) in [6.07, 6.45) is 4.65. The zero-order chi connectivity index (χ0) is 30.2. The number of phenols is 1. The maximum atomic E-state index is 11.2. The third kappa shape index (κ3) is 3.91. The Balaban J connectivity index is 1.16. The van der Waals surface area contributed by atoms with Gasteiger partial charge in [-0.05, 0) is 65.7 Å². The second kappa shape index (κ2) is 9.90. The molecule has 3 aliphatic rings. The third-order valence-electron chi connectivity index (χ3n) is 9.99. The van der Waals surface area contributed by atoms with E-state index in [1.807, 2.05) is 54.6 Å². The quantitative estimate of drug-likeness (QED) is 0.143. The van der Waals surface area contributed by atoms with Crippen molar-refractivity contribution >= 4 is 37.9 Å². The number of aromatic hydroxyl groups is 1. The highest BCUT2D eigenvalue weighted by atomic mass is 16.3. The Morgan fingerprint density at radius 1 is 0.444 bits per heavy atom. The normalized spacial score (nSPS) is 20.8. The molecule has 2 bridgehead atoms. The molecule has 0 saturated heterocycles. The van der Waals surface area contributed by atoms with Crippen LogP contribution in [0.4, 0.5) is 0 Å². The molecule has 216 valence electrons. The number of para-hydroxylation sites is 1. The van der Waals surface area contributed by atoms with Gasteiger partial charge in [0.25, 0.3) is 0 Å². The summed E-state index contributed by atoms with van der Waals surface area (Å²) in [5, 5.41) is 39.8. The first-order chi connectivity index (χ1) is 22.1. The molecule has 0 amide bonds. The molecule has 10 rings (SSSR count). The molecule has 0 spiro atoms. The van der Waals surface area contributed by atoms with Crippen molar-refractivity contribution < 1.29 is 15.3 Å². The van der Waals surface area contributed by atoms with E-state index in [4.69, 9.17) is 0 Å². The maximum absolute atomic E-state index is 11.2. The van der Waals surface area contributed by atoms with Crippen molar-refractivity contribution in [3.63, 3.8) is 0 Å². The summed E-state index contributed by atoms with van der Waals surface area (Å²) >= 11 is 0. The summed E-state index contributed by atoms with van der Waals surface area (Å²) in [4.78, 5) is 0. The summed E-state index contributed by atoms with van der Waals surface area (Å²) in [5.41, 5.74) is 8.07. The van der Waals surface area contributed by atoms with Crippen LogP contribution < -0.4 is 0 Å². The lowest BCUT2D eigenvalue weighted by molar-refractivity contribution is -0.0188. The predicted octanol–water partition coefficient (Wildman–Crippen LogP) is 9.21. The zero-order valence-electron chi connectivity index (χ0n) is 24.4. The minimum Gasteiger partial charge on any atom is -0.507 e. The lowest BCUT2D eigenvalue weighted by Crippen LogP contribution is -2.44. The Morgan fingerprint density at radius 2 is 1.00 bits per heavy atom. The Bertz CT molecular complexity index is 2310. The molecule has 3 N–H and O–H groups in total.